The molecule has 1 aliphatic heterocycles. The lowest BCUT2D eigenvalue weighted by molar-refractivity contribution is 0.232. The molecular formula is C14H22N2S. The normalized spacial score (nSPS) is 21.4. The first-order valence-corrected chi connectivity index (χ1v) is 7.62. The summed E-state index contributed by atoms with van der Waals surface area (Å²) in [5, 5.41) is 3.47. The number of rotatable bonds is 5. The van der Waals surface area contributed by atoms with Gasteiger partial charge >= 0.3 is 0 Å². The Hall–Kier alpha value is -0.670. The van der Waals surface area contributed by atoms with Crippen LogP contribution in [-0.2, 0) is 0 Å². The fourth-order valence-corrected chi connectivity index (χ4v) is 3.25. The van der Waals surface area contributed by atoms with Crippen LogP contribution in [0.25, 0.3) is 0 Å². The number of nitrogens with zero attached hydrogens (tertiary/aromatic N) is 1. The van der Waals surface area contributed by atoms with Gasteiger partial charge in [0, 0.05) is 42.9 Å². The van der Waals surface area contributed by atoms with Crippen molar-refractivity contribution >= 4 is 17.4 Å². The van der Waals surface area contributed by atoms with E-state index >= 15 is 0 Å². The van der Waals surface area contributed by atoms with Crippen LogP contribution in [0.4, 0.5) is 5.69 Å². The van der Waals surface area contributed by atoms with Crippen molar-refractivity contribution in [3.05, 3.63) is 30.3 Å². The molecular weight excluding hydrogens is 228 g/mol. The second kappa shape index (κ2) is 6.92. The average molecular weight is 250 g/mol. The van der Waals surface area contributed by atoms with E-state index in [1.807, 2.05) is 0 Å². The standard InChI is InChI=1S/C14H22N2S/c1-13-12-17-11-10-16(13)9-5-8-15-14-6-3-2-4-7-14/h2-4,6-7,13,15H,5,8-12H2,1H3. The zero-order valence-electron chi connectivity index (χ0n) is 10.6. The van der Waals surface area contributed by atoms with Gasteiger partial charge in [-0.1, -0.05) is 18.2 Å². The van der Waals surface area contributed by atoms with Crippen molar-refractivity contribution in [1.82, 2.24) is 4.90 Å². The van der Waals surface area contributed by atoms with E-state index in [4.69, 9.17) is 0 Å². The first kappa shape index (κ1) is 12.8. The van der Waals surface area contributed by atoms with Gasteiger partial charge in [0.05, 0.1) is 0 Å². The summed E-state index contributed by atoms with van der Waals surface area (Å²) in [6.07, 6.45) is 1.23. The Bertz CT molecular complexity index is 315. The Morgan fingerprint density at radius 1 is 1.35 bits per heavy atom. The van der Waals surface area contributed by atoms with E-state index in [-0.39, 0.29) is 0 Å². The fourth-order valence-electron chi connectivity index (χ4n) is 2.16. The molecule has 2 nitrogen and oxygen atoms in total. The quantitative estimate of drug-likeness (QED) is 0.809. The van der Waals surface area contributed by atoms with Crippen LogP contribution in [0.2, 0.25) is 0 Å². The molecule has 1 fully saturated rings. The summed E-state index contributed by atoms with van der Waals surface area (Å²) in [6, 6.07) is 11.2. The minimum absolute atomic E-state index is 0.755. The van der Waals surface area contributed by atoms with Gasteiger partial charge in [0.1, 0.15) is 0 Å². The molecule has 0 aromatic heterocycles. The van der Waals surface area contributed by atoms with Crippen molar-refractivity contribution in [2.24, 2.45) is 0 Å². The Morgan fingerprint density at radius 3 is 2.94 bits per heavy atom. The predicted molar refractivity (Wildman–Crippen MR) is 77.9 cm³/mol. The van der Waals surface area contributed by atoms with Gasteiger partial charge in [-0.05, 0) is 25.5 Å². The van der Waals surface area contributed by atoms with Gasteiger partial charge in [0.2, 0.25) is 0 Å². The molecule has 1 aliphatic rings. The van der Waals surface area contributed by atoms with Crippen LogP contribution in [0.1, 0.15) is 13.3 Å². The lowest BCUT2D eigenvalue weighted by Crippen LogP contribution is -2.41. The minimum atomic E-state index is 0.755. The van der Waals surface area contributed by atoms with E-state index in [0.717, 1.165) is 12.6 Å². The van der Waals surface area contributed by atoms with Gasteiger partial charge < -0.3 is 5.32 Å². The molecule has 1 aromatic carbocycles. The molecule has 2 rings (SSSR count). The second-order valence-corrected chi connectivity index (χ2v) is 5.76. The zero-order chi connectivity index (χ0) is 11.9. The molecule has 0 spiro atoms. The molecule has 0 aliphatic carbocycles. The van der Waals surface area contributed by atoms with Crippen molar-refractivity contribution in [2.45, 2.75) is 19.4 Å². The lowest BCUT2D eigenvalue weighted by atomic mass is 10.2. The Morgan fingerprint density at radius 2 is 2.18 bits per heavy atom. The molecule has 0 radical (unpaired) electrons. The van der Waals surface area contributed by atoms with E-state index in [1.54, 1.807) is 0 Å². The van der Waals surface area contributed by atoms with Crippen molar-refractivity contribution in [1.29, 1.82) is 0 Å². The first-order chi connectivity index (χ1) is 8.36. The maximum Gasteiger partial charge on any atom is 0.0340 e. The minimum Gasteiger partial charge on any atom is -0.385 e. The highest BCUT2D eigenvalue weighted by Gasteiger charge is 2.17. The summed E-state index contributed by atoms with van der Waals surface area (Å²) in [7, 11) is 0. The SMILES string of the molecule is CC1CSCCN1CCCNc1ccccc1. The van der Waals surface area contributed by atoms with Gasteiger partial charge in [-0.2, -0.15) is 11.8 Å². The number of hydrogen-bond acceptors (Lipinski definition) is 3. The molecule has 1 saturated heterocycles. The topological polar surface area (TPSA) is 15.3 Å². The molecule has 0 amide bonds. The molecule has 0 saturated carbocycles. The lowest BCUT2D eigenvalue weighted by Gasteiger charge is -2.32. The molecule has 1 aromatic rings. The Kier molecular flexibility index (Phi) is 5.20. The molecule has 94 valence electrons. The van der Waals surface area contributed by atoms with Crippen molar-refractivity contribution in [3.63, 3.8) is 0 Å². The van der Waals surface area contributed by atoms with E-state index in [2.05, 4.69) is 59.2 Å². The highest BCUT2D eigenvalue weighted by molar-refractivity contribution is 7.99. The number of nitrogens with one attached hydrogen (secondary N) is 1. The molecule has 1 heterocycles. The molecule has 17 heavy (non-hydrogen) atoms. The van der Waals surface area contributed by atoms with Crippen molar-refractivity contribution in [2.75, 3.05) is 36.5 Å². The van der Waals surface area contributed by atoms with Gasteiger partial charge in [0.15, 0.2) is 0 Å². The summed E-state index contributed by atoms with van der Waals surface area (Å²) in [5.41, 5.74) is 1.23. The number of anilines is 1. The monoisotopic (exact) mass is 250 g/mol. The molecule has 1 unspecified atom stereocenters. The third kappa shape index (κ3) is 4.25. The van der Waals surface area contributed by atoms with Gasteiger partial charge in [-0.25, -0.2) is 0 Å². The first-order valence-electron chi connectivity index (χ1n) is 6.47. The summed E-state index contributed by atoms with van der Waals surface area (Å²) in [5.74, 6) is 2.60. The van der Waals surface area contributed by atoms with Crippen LogP contribution in [-0.4, -0.2) is 42.1 Å². The molecule has 3 heteroatoms. The van der Waals surface area contributed by atoms with Crippen LogP contribution in [0.15, 0.2) is 30.3 Å². The van der Waals surface area contributed by atoms with Crippen molar-refractivity contribution in [3.8, 4) is 0 Å². The summed E-state index contributed by atoms with van der Waals surface area (Å²) < 4.78 is 0. The molecule has 1 atom stereocenters. The van der Waals surface area contributed by atoms with E-state index in [1.165, 1.54) is 36.7 Å². The average Bonchev–Trinajstić information content (AvgIpc) is 2.38. The number of thioether (sulfide) groups is 1. The van der Waals surface area contributed by atoms with Crippen LogP contribution >= 0.6 is 11.8 Å². The van der Waals surface area contributed by atoms with Crippen LogP contribution in [0.5, 0.6) is 0 Å². The third-order valence-corrected chi connectivity index (χ3v) is 4.42. The highest BCUT2D eigenvalue weighted by atomic mass is 32.2. The largest absolute Gasteiger partial charge is 0.385 e. The van der Waals surface area contributed by atoms with Crippen LogP contribution in [0, 0.1) is 0 Å². The summed E-state index contributed by atoms with van der Waals surface area (Å²) in [4.78, 5) is 2.61. The van der Waals surface area contributed by atoms with E-state index in [9.17, 15) is 0 Å². The van der Waals surface area contributed by atoms with E-state index in [0.29, 0.717) is 0 Å². The number of para-hydroxylation sites is 1. The molecule has 1 N–H and O–H groups in total. The maximum absolute atomic E-state index is 3.47. The fraction of sp³-hybridized carbons (Fsp3) is 0.571. The summed E-state index contributed by atoms with van der Waals surface area (Å²) in [6.45, 7) is 5.90. The van der Waals surface area contributed by atoms with Gasteiger partial charge in [0.25, 0.3) is 0 Å². The third-order valence-electron chi connectivity index (χ3n) is 3.23. The second-order valence-electron chi connectivity index (χ2n) is 4.61. The van der Waals surface area contributed by atoms with Crippen molar-refractivity contribution < 1.29 is 0 Å². The summed E-state index contributed by atoms with van der Waals surface area (Å²) >= 11 is 2.09. The smallest absolute Gasteiger partial charge is 0.0340 e. The maximum atomic E-state index is 3.47. The molecule has 0 bridgehead atoms. The Labute approximate surface area is 109 Å². The van der Waals surface area contributed by atoms with Crippen LogP contribution < -0.4 is 5.32 Å². The zero-order valence-corrected chi connectivity index (χ0v) is 11.4. The predicted octanol–water partition coefficient (Wildman–Crippen LogP) is 2.93. The van der Waals surface area contributed by atoms with E-state index < -0.39 is 0 Å². The Balaban J connectivity index is 1.63. The van der Waals surface area contributed by atoms with Gasteiger partial charge in [-0.3, -0.25) is 4.90 Å². The van der Waals surface area contributed by atoms with Gasteiger partial charge in [-0.15, -0.1) is 0 Å². The number of benzene rings is 1. The number of hydrogen-bond donors (Lipinski definition) is 1. The van der Waals surface area contributed by atoms with Crippen LogP contribution in [0.3, 0.4) is 0 Å². The highest BCUT2D eigenvalue weighted by Crippen LogP contribution is 2.15.